The third kappa shape index (κ3) is 7.36. The first kappa shape index (κ1) is 23.1. The number of nitrogens with zero attached hydrogens (tertiary/aromatic N) is 1. The van der Waals surface area contributed by atoms with Crippen LogP contribution in [0.1, 0.15) is 96.8 Å². The lowest BCUT2D eigenvalue weighted by atomic mass is 9.67. The topological polar surface area (TPSA) is 33.0 Å². The van der Waals surface area contributed by atoms with Gasteiger partial charge in [-0.15, -0.1) is 0 Å². The molecule has 2 fully saturated rings. The van der Waals surface area contributed by atoms with Gasteiger partial charge in [-0.05, 0) is 62.4 Å². The van der Waals surface area contributed by atoms with Gasteiger partial charge in [0.1, 0.15) is 6.07 Å². The zero-order chi connectivity index (χ0) is 20.2. The molecule has 0 heterocycles. The third-order valence-electron chi connectivity index (χ3n) is 7.31. The van der Waals surface area contributed by atoms with Crippen LogP contribution in [0.2, 0.25) is 0 Å². The molecule has 0 aromatic carbocycles. The Morgan fingerprint density at radius 3 is 2.29 bits per heavy atom. The van der Waals surface area contributed by atoms with Crippen molar-refractivity contribution in [2.75, 3.05) is 7.11 Å². The summed E-state index contributed by atoms with van der Waals surface area (Å²) in [5.74, 6) is 1.95. The van der Waals surface area contributed by atoms with E-state index in [1.165, 1.54) is 89.2 Å². The van der Waals surface area contributed by atoms with E-state index in [0.717, 1.165) is 30.6 Å². The summed E-state index contributed by atoms with van der Waals surface area (Å²) in [7, 11) is 1.75. The lowest BCUT2D eigenvalue weighted by Crippen LogP contribution is -2.36. The van der Waals surface area contributed by atoms with Crippen LogP contribution in [0.4, 0.5) is 4.39 Å². The summed E-state index contributed by atoms with van der Waals surface area (Å²) in [6.45, 7) is 2.28. The molecule has 3 heteroatoms. The quantitative estimate of drug-likeness (QED) is 0.218. The molecule has 2 saturated carbocycles. The van der Waals surface area contributed by atoms with E-state index in [1.54, 1.807) is 13.2 Å². The Morgan fingerprint density at radius 2 is 1.68 bits per heavy atom. The molecule has 0 radical (unpaired) electrons. The maximum absolute atomic E-state index is 13.0. The fraction of sp³-hybridized carbons (Fsp3) is 0.800. The van der Waals surface area contributed by atoms with Crippen LogP contribution in [0, 0.1) is 29.1 Å². The van der Waals surface area contributed by atoms with Gasteiger partial charge >= 0.3 is 0 Å². The minimum Gasteiger partial charge on any atom is -0.374 e. The Balaban J connectivity index is 1.71. The second-order valence-electron chi connectivity index (χ2n) is 9.08. The highest BCUT2D eigenvalue weighted by atomic mass is 19.1. The molecule has 0 aromatic rings. The van der Waals surface area contributed by atoms with Crippen molar-refractivity contribution >= 4 is 0 Å². The zero-order valence-corrected chi connectivity index (χ0v) is 18.1. The molecule has 0 amide bonds. The number of nitriles is 1. The van der Waals surface area contributed by atoms with E-state index < -0.39 is 5.83 Å². The smallest absolute Gasteiger partial charge is 0.199 e. The van der Waals surface area contributed by atoms with Crippen molar-refractivity contribution in [3.05, 3.63) is 24.1 Å². The average molecular weight is 390 g/mol. The fourth-order valence-corrected chi connectivity index (χ4v) is 5.37. The molecule has 0 aromatic heterocycles. The van der Waals surface area contributed by atoms with Gasteiger partial charge in [0, 0.05) is 7.11 Å². The summed E-state index contributed by atoms with van der Waals surface area (Å²) in [5, 5.41) is 8.51. The van der Waals surface area contributed by atoms with E-state index in [-0.39, 0.29) is 5.60 Å². The Kier molecular flexibility index (Phi) is 10.3. The van der Waals surface area contributed by atoms with Gasteiger partial charge in [0.2, 0.25) is 0 Å². The highest BCUT2D eigenvalue weighted by Crippen LogP contribution is 2.44. The van der Waals surface area contributed by atoms with Crippen LogP contribution >= 0.6 is 0 Å². The summed E-state index contributed by atoms with van der Waals surface area (Å²) < 4.78 is 18.8. The molecule has 0 saturated heterocycles. The van der Waals surface area contributed by atoms with Crippen molar-refractivity contribution in [2.24, 2.45) is 17.8 Å². The van der Waals surface area contributed by atoms with Crippen LogP contribution in [-0.4, -0.2) is 12.7 Å². The number of methoxy groups -OCH3 is 1. The Labute approximate surface area is 172 Å². The second-order valence-corrected chi connectivity index (χ2v) is 9.08. The van der Waals surface area contributed by atoms with Gasteiger partial charge in [-0.25, -0.2) is 0 Å². The van der Waals surface area contributed by atoms with Crippen LogP contribution in [0.5, 0.6) is 0 Å². The Bertz CT molecular complexity index is 531. The summed E-state index contributed by atoms with van der Waals surface area (Å²) >= 11 is 0. The standard InChI is InChI=1S/C25H40FNO/c1-3-4-5-6-7-9-21-11-13-22(14-12-21)23-15-18-25(28-2,19-16-23)17-8-10-24(26)20-27/h8,10,17,21-23H,3-7,9,11-16,18-19H2,1-2H3/t21-,22-,23-,25+. The predicted molar refractivity (Wildman–Crippen MR) is 114 cm³/mol. The van der Waals surface area contributed by atoms with Gasteiger partial charge in [0.25, 0.3) is 0 Å². The number of unbranched alkanes of at least 4 members (excludes halogenated alkanes) is 4. The first-order chi connectivity index (χ1) is 13.6. The van der Waals surface area contributed by atoms with E-state index in [0.29, 0.717) is 0 Å². The molecular weight excluding hydrogens is 349 g/mol. The van der Waals surface area contributed by atoms with Gasteiger partial charge in [0.05, 0.1) is 5.60 Å². The van der Waals surface area contributed by atoms with Gasteiger partial charge in [-0.1, -0.05) is 70.4 Å². The lowest BCUT2D eigenvalue weighted by Gasteiger charge is -2.42. The van der Waals surface area contributed by atoms with Crippen molar-refractivity contribution in [3.8, 4) is 6.07 Å². The van der Waals surface area contributed by atoms with E-state index in [2.05, 4.69) is 6.92 Å². The molecule has 2 rings (SSSR count). The third-order valence-corrected chi connectivity index (χ3v) is 7.31. The minimum absolute atomic E-state index is 0.279. The first-order valence-corrected chi connectivity index (χ1v) is 11.6. The highest BCUT2D eigenvalue weighted by Gasteiger charge is 2.36. The minimum atomic E-state index is -0.752. The molecule has 0 N–H and O–H groups in total. The number of allylic oxidation sites excluding steroid dienone is 3. The number of hydrogen-bond acceptors (Lipinski definition) is 2. The van der Waals surface area contributed by atoms with Crippen LogP contribution in [0.25, 0.3) is 0 Å². The maximum atomic E-state index is 13.0. The van der Waals surface area contributed by atoms with Crippen LogP contribution < -0.4 is 0 Å². The van der Waals surface area contributed by atoms with E-state index in [9.17, 15) is 4.39 Å². The Morgan fingerprint density at radius 1 is 1.04 bits per heavy atom. The van der Waals surface area contributed by atoms with Crippen molar-refractivity contribution < 1.29 is 9.13 Å². The van der Waals surface area contributed by atoms with Crippen molar-refractivity contribution in [1.82, 2.24) is 0 Å². The zero-order valence-electron chi connectivity index (χ0n) is 18.1. The molecule has 2 aliphatic rings. The van der Waals surface area contributed by atoms with E-state index in [4.69, 9.17) is 10.00 Å². The highest BCUT2D eigenvalue weighted by molar-refractivity contribution is 5.21. The van der Waals surface area contributed by atoms with Crippen molar-refractivity contribution in [1.29, 1.82) is 5.26 Å². The number of ether oxygens (including phenoxy) is 1. The molecule has 2 nitrogen and oxygen atoms in total. The molecule has 2 aliphatic carbocycles. The monoisotopic (exact) mass is 389 g/mol. The number of halogens is 1. The van der Waals surface area contributed by atoms with E-state index in [1.807, 2.05) is 6.08 Å². The molecule has 0 unspecified atom stereocenters. The van der Waals surface area contributed by atoms with Crippen LogP contribution in [-0.2, 0) is 4.74 Å². The number of rotatable bonds is 10. The van der Waals surface area contributed by atoms with Crippen molar-refractivity contribution in [3.63, 3.8) is 0 Å². The number of hydrogen-bond donors (Lipinski definition) is 0. The van der Waals surface area contributed by atoms with Gasteiger partial charge in [-0.3, -0.25) is 0 Å². The summed E-state index contributed by atoms with van der Waals surface area (Å²) in [6.07, 6.45) is 23.4. The Hall–Kier alpha value is -1.14. The predicted octanol–water partition coefficient (Wildman–Crippen LogP) is 7.66. The first-order valence-electron chi connectivity index (χ1n) is 11.6. The molecule has 0 atom stereocenters. The van der Waals surface area contributed by atoms with Crippen LogP contribution in [0.3, 0.4) is 0 Å². The molecule has 0 spiro atoms. The largest absolute Gasteiger partial charge is 0.374 e. The van der Waals surface area contributed by atoms with Crippen LogP contribution in [0.15, 0.2) is 24.1 Å². The average Bonchev–Trinajstić information content (AvgIpc) is 2.74. The van der Waals surface area contributed by atoms with Gasteiger partial charge in [-0.2, -0.15) is 9.65 Å². The summed E-state index contributed by atoms with van der Waals surface area (Å²) in [6, 6.07) is 1.51. The molecular formula is C25H40FNO. The lowest BCUT2D eigenvalue weighted by molar-refractivity contribution is -0.0201. The van der Waals surface area contributed by atoms with E-state index >= 15 is 0 Å². The SMILES string of the molecule is CCCCCCC[C@H]1CC[C@H]([C@H]2CC[C@@](C=CC=C(F)C#N)(OC)CC2)CC1. The van der Waals surface area contributed by atoms with Crippen molar-refractivity contribution in [2.45, 2.75) is 102 Å². The van der Waals surface area contributed by atoms with Gasteiger partial charge < -0.3 is 4.74 Å². The molecule has 0 aliphatic heterocycles. The molecule has 28 heavy (non-hydrogen) atoms. The molecule has 158 valence electrons. The normalized spacial score (nSPS) is 31.8. The summed E-state index contributed by atoms with van der Waals surface area (Å²) in [4.78, 5) is 0. The van der Waals surface area contributed by atoms with Gasteiger partial charge in [0.15, 0.2) is 5.83 Å². The fourth-order valence-electron chi connectivity index (χ4n) is 5.37. The molecule has 0 bridgehead atoms. The maximum Gasteiger partial charge on any atom is 0.199 e. The second kappa shape index (κ2) is 12.4. The summed E-state index contributed by atoms with van der Waals surface area (Å²) in [5.41, 5.74) is -0.279.